The number of carbonyl (C=O) groups excluding carboxylic acids is 4. The van der Waals surface area contributed by atoms with Gasteiger partial charge < -0.3 is 30.3 Å². The Morgan fingerprint density at radius 2 is 1.67 bits per heavy atom. The lowest BCUT2D eigenvalue weighted by atomic mass is 9.82. The summed E-state index contributed by atoms with van der Waals surface area (Å²) in [6.07, 6.45) is 3.70. The largest absolute Gasteiger partial charge is 0.497 e. The Hall–Kier alpha value is -4.05. The van der Waals surface area contributed by atoms with Crippen LogP contribution in [0.3, 0.4) is 0 Å². The topological polar surface area (TPSA) is 144 Å². The van der Waals surface area contributed by atoms with Crippen molar-refractivity contribution in [2.45, 2.75) is 101 Å². The summed E-state index contributed by atoms with van der Waals surface area (Å²) in [6, 6.07) is 13.1. The number of aryl methyl sites for hydroxylation is 1. The van der Waals surface area contributed by atoms with Crippen LogP contribution >= 0.6 is 23.1 Å². The summed E-state index contributed by atoms with van der Waals surface area (Å²) < 4.78 is 19.5. The minimum absolute atomic E-state index is 0.0499. The molecule has 60 heavy (non-hydrogen) atoms. The number of alkyl halides is 1. The lowest BCUT2D eigenvalue weighted by Crippen LogP contribution is -2.61. The van der Waals surface area contributed by atoms with Gasteiger partial charge >= 0.3 is 0 Å². The lowest BCUT2D eigenvalue weighted by molar-refractivity contribution is -0.143. The number of piperazine rings is 1. The standard InChI is InChI=1S/C45H59FN6O6S2/c1-29-38(59-28-48-29)33-11-9-30(10-12-33)24-47-40(54)37-23-35(53)26-52(37)42(56)39(49-43(57)45(46)17-18-45)44(2,3)60-27-32-7-5-31(6-8-32)25-50-19-21-51(22-20-50)41(55)34-13-15-36(58-4)16-14-34/h9-16,28,31-32,35,37,39,53H,5-8,17-27H2,1-4H3,(H,47,54)(H,49,57)/t31?,32?,35-,37+,39-/m1/s1. The van der Waals surface area contributed by atoms with E-state index in [-0.39, 0.29) is 44.2 Å². The molecule has 3 N–H and O–H groups in total. The Labute approximate surface area is 361 Å². The third-order valence-electron chi connectivity index (χ3n) is 12.8. The zero-order valence-corrected chi connectivity index (χ0v) is 36.8. The number of rotatable bonds is 15. The normalized spacial score (nSPS) is 23.5. The molecule has 3 atom stereocenters. The zero-order valence-electron chi connectivity index (χ0n) is 35.2. The van der Waals surface area contributed by atoms with Crippen molar-refractivity contribution in [2.75, 3.05) is 52.1 Å². The number of carbonyl (C=O) groups is 4. The van der Waals surface area contributed by atoms with Crippen molar-refractivity contribution in [3.63, 3.8) is 0 Å². The van der Waals surface area contributed by atoms with Crippen molar-refractivity contribution >= 4 is 46.7 Å². The van der Waals surface area contributed by atoms with E-state index in [4.69, 9.17) is 4.74 Å². The second-order valence-electron chi connectivity index (χ2n) is 17.6. The van der Waals surface area contributed by atoms with E-state index in [1.54, 1.807) is 30.2 Å². The average molecular weight is 863 g/mol. The van der Waals surface area contributed by atoms with Crippen molar-refractivity contribution < 1.29 is 33.4 Å². The molecule has 1 aromatic heterocycles. The van der Waals surface area contributed by atoms with Crippen LogP contribution in [0.1, 0.15) is 80.4 Å². The fourth-order valence-electron chi connectivity index (χ4n) is 8.67. The fourth-order valence-corrected chi connectivity index (χ4v) is 10.8. The molecule has 3 aromatic rings. The molecule has 324 valence electrons. The van der Waals surface area contributed by atoms with Gasteiger partial charge in [-0.15, -0.1) is 11.3 Å². The number of nitrogens with zero attached hydrogens (tertiary/aromatic N) is 4. The molecule has 2 saturated heterocycles. The summed E-state index contributed by atoms with van der Waals surface area (Å²) in [7, 11) is 1.61. The maximum absolute atomic E-state index is 15.1. The molecule has 4 aliphatic rings. The van der Waals surface area contributed by atoms with Crippen LogP contribution < -0.4 is 15.4 Å². The van der Waals surface area contributed by atoms with Crippen molar-refractivity contribution in [1.29, 1.82) is 0 Å². The molecule has 4 fully saturated rings. The van der Waals surface area contributed by atoms with Crippen LogP contribution in [0.15, 0.2) is 54.0 Å². The molecule has 0 radical (unpaired) electrons. The second-order valence-corrected chi connectivity index (χ2v) is 20.1. The first-order chi connectivity index (χ1) is 28.7. The van der Waals surface area contributed by atoms with Gasteiger partial charge in [-0.1, -0.05) is 24.3 Å². The highest BCUT2D eigenvalue weighted by Crippen LogP contribution is 2.42. The number of hydrogen-bond donors (Lipinski definition) is 3. The average Bonchev–Trinajstić information content (AvgIpc) is 3.67. The molecule has 7 rings (SSSR count). The summed E-state index contributed by atoms with van der Waals surface area (Å²) in [5.41, 5.74) is 3.40. The molecular formula is C45H59FN6O6S2. The number of thiazole rings is 1. The molecule has 0 unspecified atom stereocenters. The molecule has 2 aromatic carbocycles. The highest BCUT2D eigenvalue weighted by atomic mass is 32.2. The van der Waals surface area contributed by atoms with Crippen LogP contribution in [-0.4, -0.2) is 129 Å². The number of likely N-dealkylation sites (tertiary alicyclic amines) is 1. The van der Waals surface area contributed by atoms with Crippen LogP contribution in [0.4, 0.5) is 4.39 Å². The highest BCUT2D eigenvalue weighted by molar-refractivity contribution is 8.00. The molecule has 0 bridgehead atoms. The highest BCUT2D eigenvalue weighted by Gasteiger charge is 2.54. The van der Waals surface area contributed by atoms with Gasteiger partial charge in [-0.2, -0.15) is 11.8 Å². The third-order valence-corrected chi connectivity index (χ3v) is 15.4. The number of methoxy groups -OCH3 is 1. The van der Waals surface area contributed by atoms with Gasteiger partial charge in [0.15, 0.2) is 5.67 Å². The minimum Gasteiger partial charge on any atom is -0.497 e. The Morgan fingerprint density at radius 1 is 1.00 bits per heavy atom. The van der Waals surface area contributed by atoms with Gasteiger partial charge in [0.05, 0.1) is 29.3 Å². The number of benzene rings is 2. The van der Waals surface area contributed by atoms with Gasteiger partial charge in [-0.3, -0.25) is 24.1 Å². The molecule has 15 heteroatoms. The van der Waals surface area contributed by atoms with E-state index in [1.807, 2.05) is 79.7 Å². The third kappa shape index (κ3) is 10.5. The van der Waals surface area contributed by atoms with E-state index in [9.17, 15) is 24.3 Å². The van der Waals surface area contributed by atoms with Crippen LogP contribution in [-0.2, 0) is 20.9 Å². The molecule has 4 amide bonds. The van der Waals surface area contributed by atoms with Crippen molar-refractivity contribution in [3.8, 4) is 16.2 Å². The van der Waals surface area contributed by atoms with Crippen molar-refractivity contribution in [1.82, 2.24) is 30.3 Å². The van der Waals surface area contributed by atoms with E-state index in [0.717, 1.165) is 78.5 Å². The zero-order chi connectivity index (χ0) is 42.6. The number of aliphatic hydroxyl groups is 1. The van der Waals surface area contributed by atoms with E-state index >= 15 is 4.39 Å². The summed E-state index contributed by atoms with van der Waals surface area (Å²) in [5, 5.41) is 16.5. The number of nitrogens with one attached hydrogen (secondary N) is 2. The first-order valence-electron chi connectivity index (χ1n) is 21.3. The van der Waals surface area contributed by atoms with Gasteiger partial charge in [0.1, 0.15) is 17.8 Å². The quantitative estimate of drug-likeness (QED) is 0.181. The first kappa shape index (κ1) is 44.0. The van der Waals surface area contributed by atoms with E-state index in [0.29, 0.717) is 30.5 Å². The van der Waals surface area contributed by atoms with E-state index in [2.05, 4.69) is 20.5 Å². The van der Waals surface area contributed by atoms with Crippen LogP contribution in [0, 0.1) is 18.8 Å². The fraction of sp³-hybridized carbons (Fsp3) is 0.578. The molecule has 2 saturated carbocycles. The molecular weight excluding hydrogens is 804 g/mol. The monoisotopic (exact) mass is 862 g/mol. The number of aromatic nitrogens is 1. The van der Waals surface area contributed by atoms with E-state index in [1.165, 1.54) is 4.90 Å². The molecule has 2 aliphatic heterocycles. The van der Waals surface area contributed by atoms with Crippen LogP contribution in [0.5, 0.6) is 5.75 Å². The Balaban J connectivity index is 0.906. The van der Waals surface area contributed by atoms with Gasteiger partial charge in [0.2, 0.25) is 11.8 Å². The number of β-amino-alcohol motifs (C(OH)–C–C–N with tert-alkyl or cyclic N) is 1. The number of hydrogen-bond acceptors (Lipinski definition) is 10. The number of ether oxygens (including phenoxy) is 1. The van der Waals surface area contributed by atoms with Gasteiger partial charge in [-0.25, -0.2) is 9.37 Å². The summed E-state index contributed by atoms with van der Waals surface area (Å²) >= 11 is 3.18. The summed E-state index contributed by atoms with van der Waals surface area (Å²) in [5.74, 6) is 0.904. The van der Waals surface area contributed by atoms with Crippen molar-refractivity contribution in [2.24, 2.45) is 11.8 Å². The van der Waals surface area contributed by atoms with Gasteiger partial charge in [-0.05, 0) is 112 Å². The first-order valence-corrected chi connectivity index (χ1v) is 23.1. The van der Waals surface area contributed by atoms with Crippen LogP contribution in [0.2, 0.25) is 0 Å². The number of thioether (sulfide) groups is 1. The second kappa shape index (κ2) is 18.9. The number of halogens is 1. The van der Waals surface area contributed by atoms with E-state index < -0.39 is 40.4 Å². The Bertz CT molecular complexity index is 1980. The minimum atomic E-state index is -1.98. The summed E-state index contributed by atoms with van der Waals surface area (Å²) in [6.45, 7) is 10.1. The maximum Gasteiger partial charge on any atom is 0.258 e. The molecule has 0 spiro atoms. The molecule has 2 aliphatic carbocycles. The Morgan fingerprint density at radius 3 is 2.28 bits per heavy atom. The maximum atomic E-state index is 15.1. The smallest absolute Gasteiger partial charge is 0.258 e. The predicted octanol–water partition coefficient (Wildman–Crippen LogP) is 5.47. The van der Waals surface area contributed by atoms with Gasteiger partial charge in [0.25, 0.3) is 11.8 Å². The SMILES string of the molecule is COc1ccc(C(=O)N2CCN(CC3CCC(CSC(C)(C)[C@H](NC(=O)C4(F)CC4)C(=O)N4C[C@H](O)C[C@H]4C(=O)NCc4ccc(-c5scnc5C)cc4)CC3)CC2)cc1. The lowest BCUT2D eigenvalue weighted by Gasteiger charge is -2.40. The predicted molar refractivity (Wildman–Crippen MR) is 233 cm³/mol. The number of aliphatic hydroxyl groups excluding tert-OH is 1. The number of amides is 4. The summed E-state index contributed by atoms with van der Waals surface area (Å²) in [4.78, 5) is 65.5. The molecule has 12 nitrogen and oxygen atoms in total. The van der Waals surface area contributed by atoms with Gasteiger partial charge in [0, 0.05) is 62.5 Å². The molecule has 3 heterocycles. The Kier molecular flexibility index (Phi) is 13.9. The van der Waals surface area contributed by atoms with Crippen molar-refractivity contribution in [3.05, 3.63) is 70.9 Å². The van der Waals surface area contributed by atoms with Crippen LogP contribution in [0.25, 0.3) is 10.4 Å².